The molecule has 0 aromatic heterocycles. The summed E-state index contributed by atoms with van der Waals surface area (Å²) in [7, 11) is 0. The van der Waals surface area contributed by atoms with Crippen LogP contribution in [0.5, 0.6) is 0 Å². The van der Waals surface area contributed by atoms with Gasteiger partial charge in [0, 0.05) is 11.0 Å². The predicted octanol–water partition coefficient (Wildman–Crippen LogP) is 3.16. The Bertz CT molecular complexity index is 676. The van der Waals surface area contributed by atoms with Crippen molar-refractivity contribution < 1.29 is 9.53 Å². The van der Waals surface area contributed by atoms with Crippen LogP contribution in [0.25, 0.3) is 0 Å². The van der Waals surface area contributed by atoms with Gasteiger partial charge in [0.2, 0.25) is 5.91 Å². The van der Waals surface area contributed by atoms with Gasteiger partial charge in [-0.2, -0.15) is 0 Å². The molecule has 0 spiro atoms. The molecule has 0 radical (unpaired) electrons. The van der Waals surface area contributed by atoms with Crippen molar-refractivity contribution in [2.75, 3.05) is 6.54 Å². The Morgan fingerprint density at radius 2 is 1.79 bits per heavy atom. The van der Waals surface area contributed by atoms with E-state index in [2.05, 4.69) is 21.2 Å². The first kappa shape index (κ1) is 17.1. The summed E-state index contributed by atoms with van der Waals surface area (Å²) in [6.45, 7) is 0.457. The Hall–Kier alpha value is -1.69. The number of amides is 1. The molecule has 0 saturated carbocycles. The van der Waals surface area contributed by atoms with E-state index in [4.69, 9.17) is 10.5 Å². The molecule has 0 bridgehead atoms. The van der Waals surface area contributed by atoms with Crippen LogP contribution in [0.4, 0.5) is 0 Å². The molecule has 2 aromatic rings. The van der Waals surface area contributed by atoms with Gasteiger partial charge in [0.25, 0.3) is 0 Å². The van der Waals surface area contributed by atoms with Crippen molar-refractivity contribution >= 4 is 21.8 Å². The second-order valence-electron chi connectivity index (χ2n) is 5.96. The van der Waals surface area contributed by atoms with Gasteiger partial charge < -0.3 is 15.8 Å². The van der Waals surface area contributed by atoms with E-state index in [1.165, 1.54) is 0 Å². The highest BCUT2D eigenvalue weighted by Crippen LogP contribution is 2.25. The summed E-state index contributed by atoms with van der Waals surface area (Å²) in [4.78, 5) is 12.6. The highest BCUT2D eigenvalue weighted by molar-refractivity contribution is 9.10. The molecule has 1 aliphatic rings. The number of nitrogens with two attached hydrogens (primary N) is 1. The van der Waals surface area contributed by atoms with Crippen LogP contribution < -0.4 is 11.1 Å². The summed E-state index contributed by atoms with van der Waals surface area (Å²) >= 11 is 3.45. The molecule has 1 saturated heterocycles. The number of hydrogen-bond donors (Lipinski definition) is 2. The van der Waals surface area contributed by atoms with Crippen LogP contribution in [0.1, 0.15) is 30.0 Å². The molecular formula is C19H21BrN2O2. The Balaban J connectivity index is 1.80. The van der Waals surface area contributed by atoms with E-state index >= 15 is 0 Å². The Morgan fingerprint density at radius 1 is 1.12 bits per heavy atom. The zero-order valence-corrected chi connectivity index (χ0v) is 14.9. The summed E-state index contributed by atoms with van der Waals surface area (Å²) in [5.74, 6) is -0.0808. The van der Waals surface area contributed by atoms with Gasteiger partial charge in [0.05, 0.1) is 12.1 Å². The van der Waals surface area contributed by atoms with Crippen molar-refractivity contribution in [1.29, 1.82) is 0 Å². The summed E-state index contributed by atoms with van der Waals surface area (Å²) in [6, 6.07) is 17.7. The zero-order valence-electron chi connectivity index (χ0n) is 13.3. The highest BCUT2D eigenvalue weighted by atomic mass is 79.9. The number of halogens is 1. The smallest absolute Gasteiger partial charge is 0.249 e. The van der Waals surface area contributed by atoms with Gasteiger partial charge in [-0.1, -0.05) is 58.4 Å². The van der Waals surface area contributed by atoms with Crippen molar-refractivity contribution in [3.8, 4) is 0 Å². The number of carbonyl (C=O) groups is 1. The molecule has 1 unspecified atom stereocenters. The number of ether oxygens (including phenoxy) is 1. The van der Waals surface area contributed by atoms with E-state index in [1.807, 2.05) is 54.6 Å². The third-order valence-electron chi connectivity index (χ3n) is 4.29. The lowest BCUT2D eigenvalue weighted by atomic mass is 9.98. The molecule has 3 N–H and O–H groups in total. The van der Waals surface area contributed by atoms with Crippen LogP contribution in [-0.2, 0) is 9.53 Å². The minimum absolute atomic E-state index is 0.0106. The summed E-state index contributed by atoms with van der Waals surface area (Å²) in [5.41, 5.74) is 7.71. The van der Waals surface area contributed by atoms with E-state index in [-0.39, 0.29) is 18.1 Å². The SMILES string of the molecule is NC[C@H]1CC[C@@H](C(=O)NC(c2ccccc2)c2ccc(Br)cc2)O1. The number of carbonyl (C=O) groups excluding carboxylic acids is 1. The van der Waals surface area contributed by atoms with Crippen molar-refractivity contribution in [2.45, 2.75) is 31.1 Å². The molecule has 126 valence electrons. The number of nitrogens with one attached hydrogen (secondary N) is 1. The molecule has 24 heavy (non-hydrogen) atoms. The van der Waals surface area contributed by atoms with E-state index in [0.717, 1.165) is 28.4 Å². The van der Waals surface area contributed by atoms with Crippen molar-refractivity contribution in [3.05, 3.63) is 70.2 Å². The minimum atomic E-state index is -0.416. The molecule has 0 aliphatic carbocycles. The second kappa shape index (κ2) is 7.92. The first-order valence-electron chi connectivity index (χ1n) is 8.13. The van der Waals surface area contributed by atoms with E-state index in [0.29, 0.717) is 6.54 Å². The van der Waals surface area contributed by atoms with E-state index in [9.17, 15) is 4.79 Å². The van der Waals surface area contributed by atoms with E-state index < -0.39 is 6.10 Å². The van der Waals surface area contributed by atoms with Gasteiger partial charge in [-0.3, -0.25) is 4.79 Å². The molecule has 3 rings (SSSR count). The molecule has 1 amide bonds. The van der Waals surface area contributed by atoms with Crippen LogP contribution >= 0.6 is 15.9 Å². The first-order valence-corrected chi connectivity index (χ1v) is 8.93. The maximum Gasteiger partial charge on any atom is 0.249 e. The van der Waals surface area contributed by atoms with Gasteiger partial charge in [-0.05, 0) is 36.1 Å². The molecule has 5 heteroatoms. The van der Waals surface area contributed by atoms with Gasteiger partial charge in [-0.25, -0.2) is 0 Å². The third kappa shape index (κ3) is 4.04. The lowest BCUT2D eigenvalue weighted by molar-refractivity contribution is -0.132. The Morgan fingerprint density at radius 3 is 2.42 bits per heavy atom. The van der Waals surface area contributed by atoms with Crippen molar-refractivity contribution in [3.63, 3.8) is 0 Å². The topological polar surface area (TPSA) is 64.4 Å². The Kier molecular flexibility index (Phi) is 5.66. The van der Waals surface area contributed by atoms with Crippen LogP contribution in [-0.4, -0.2) is 24.7 Å². The summed E-state index contributed by atoms with van der Waals surface area (Å²) in [6.07, 6.45) is 1.13. The van der Waals surface area contributed by atoms with Crippen LogP contribution in [0, 0.1) is 0 Å². The van der Waals surface area contributed by atoms with Gasteiger partial charge in [-0.15, -0.1) is 0 Å². The summed E-state index contributed by atoms with van der Waals surface area (Å²) < 4.78 is 6.73. The van der Waals surface area contributed by atoms with Crippen molar-refractivity contribution in [1.82, 2.24) is 5.32 Å². The number of hydrogen-bond acceptors (Lipinski definition) is 3. The molecular weight excluding hydrogens is 368 g/mol. The van der Waals surface area contributed by atoms with Gasteiger partial charge >= 0.3 is 0 Å². The fraction of sp³-hybridized carbons (Fsp3) is 0.316. The maximum atomic E-state index is 12.6. The maximum absolute atomic E-state index is 12.6. The predicted molar refractivity (Wildman–Crippen MR) is 97.5 cm³/mol. The highest BCUT2D eigenvalue weighted by Gasteiger charge is 2.31. The van der Waals surface area contributed by atoms with E-state index in [1.54, 1.807) is 0 Å². The molecule has 2 aromatic carbocycles. The fourth-order valence-corrected chi connectivity index (χ4v) is 3.23. The van der Waals surface area contributed by atoms with Crippen LogP contribution in [0.15, 0.2) is 59.1 Å². The normalized spacial score (nSPS) is 21.4. The molecule has 4 nitrogen and oxygen atoms in total. The average Bonchev–Trinajstić information content (AvgIpc) is 3.10. The molecule has 1 aliphatic heterocycles. The molecule has 1 fully saturated rings. The van der Waals surface area contributed by atoms with Crippen LogP contribution in [0.3, 0.4) is 0 Å². The van der Waals surface area contributed by atoms with Gasteiger partial charge in [0.1, 0.15) is 6.10 Å². The average molecular weight is 389 g/mol. The third-order valence-corrected chi connectivity index (χ3v) is 4.81. The summed E-state index contributed by atoms with van der Waals surface area (Å²) in [5, 5.41) is 3.14. The molecule has 1 heterocycles. The lowest BCUT2D eigenvalue weighted by Gasteiger charge is -2.22. The standard InChI is InChI=1S/C19H21BrN2O2/c20-15-8-6-14(7-9-15)18(13-4-2-1-3-5-13)22-19(23)17-11-10-16(12-21)24-17/h1-9,16-18H,10-12,21H2,(H,22,23)/t16-,17+,18?/m1/s1. The van der Waals surface area contributed by atoms with Crippen LogP contribution in [0.2, 0.25) is 0 Å². The zero-order chi connectivity index (χ0) is 16.9. The number of benzene rings is 2. The minimum Gasteiger partial charge on any atom is -0.364 e. The Labute approximate surface area is 150 Å². The largest absolute Gasteiger partial charge is 0.364 e. The van der Waals surface area contributed by atoms with Crippen molar-refractivity contribution in [2.24, 2.45) is 5.73 Å². The first-order chi connectivity index (χ1) is 11.7. The fourth-order valence-electron chi connectivity index (χ4n) is 2.97. The monoisotopic (exact) mass is 388 g/mol. The quantitative estimate of drug-likeness (QED) is 0.826. The second-order valence-corrected chi connectivity index (χ2v) is 6.88. The van der Waals surface area contributed by atoms with Gasteiger partial charge in [0.15, 0.2) is 0 Å². The lowest BCUT2D eigenvalue weighted by Crippen LogP contribution is -2.38. The molecule has 3 atom stereocenters. The number of rotatable bonds is 5.